The first-order valence-electron chi connectivity index (χ1n) is 6.64. The summed E-state index contributed by atoms with van der Waals surface area (Å²) in [5.74, 6) is 1.40. The van der Waals surface area contributed by atoms with Crippen LogP contribution < -0.4 is 4.74 Å². The van der Waals surface area contributed by atoms with Crippen molar-refractivity contribution in [3.05, 3.63) is 64.8 Å². The Morgan fingerprint density at radius 3 is 2.67 bits per heavy atom. The molecule has 1 unspecified atom stereocenters. The molecule has 0 saturated heterocycles. The first-order valence-corrected chi connectivity index (χ1v) is 7.43. The number of nitrogens with zero attached hydrogens (tertiary/aromatic N) is 1. The number of hydrogen-bond donors (Lipinski definition) is 1. The Morgan fingerprint density at radius 2 is 1.90 bits per heavy atom. The van der Waals surface area contributed by atoms with Crippen LogP contribution in [0.2, 0.25) is 0 Å². The van der Waals surface area contributed by atoms with Crippen LogP contribution in [0.1, 0.15) is 18.6 Å². The lowest BCUT2D eigenvalue weighted by Crippen LogP contribution is -1.93. The average molecular weight is 344 g/mol. The van der Waals surface area contributed by atoms with Crippen LogP contribution in [0.25, 0.3) is 10.9 Å². The Morgan fingerprint density at radius 1 is 1.10 bits per heavy atom. The first-order chi connectivity index (χ1) is 10.1. The molecule has 1 atom stereocenters. The SMILES string of the molecule is CC(O)c1ccc(Oc2cccc3cccnc23)c(Br)c1. The lowest BCUT2D eigenvalue weighted by molar-refractivity contribution is 0.199. The highest BCUT2D eigenvalue weighted by Gasteiger charge is 2.09. The highest BCUT2D eigenvalue weighted by Crippen LogP contribution is 2.34. The molecule has 3 nitrogen and oxygen atoms in total. The minimum Gasteiger partial charge on any atom is -0.454 e. The second-order valence-electron chi connectivity index (χ2n) is 4.80. The summed E-state index contributed by atoms with van der Waals surface area (Å²) >= 11 is 3.48. The number of aliphatic hydroxyl groups excluding tert-OH is 1. The second-order valence-corrected chi connectivity index (χ2v) is 5.65. The van der Waals surface area contributed by atoms with Crippen molar-refractivity contribution in [2.24, 2.45) is 0 Å². The first kappa shape index (κ1) is 14.0. The van der Waals surface area contributed by atoms with Crippen LogP contribution in [-0.4, -0.2) is 10.1 Å². The fourth-order valence-electron chi connectivity index (χ4n) is 2.14. The molecule has 21 heavy (non-hydrogen) atoms. The summed E-state index contributed by atoms with van der Waals surface area (Å²) in [4.78, 5) is 4.37. The van der Waals surface area contributed by atoms with E-state index < -0.39 is 6.10 Å². The molecule has 0 radical (unpaired) electrons. The lowest BCUT2D eigenvalue weighted by atomic mass is 10.1. The van der Waals surface area contributed by atoms with Gasteiger partial charge < -0.3 is 9.84 Å². The van der Waals surface area contributed by atoms with Crippen molar-refractivity contribution in [3.63, 3.8) is 0 Å². The van der Waals surface area contributed by atoms with Crippen molar-refractivity contribution in [3.8, 4) is 11.5 Å². The van der Waals surface area contributed by atoms with E-state index in [1.54, 1.807) is 13.1 Å². The minimum atomic E-state index is -0.505. The number of aromatic nitrogens is 1. The normalized spacial score (nSPS) is 12.3. The maximum Gasteiger partial charge on any atom is 0.153 e. The fraction of sp³-hybridized carbons (Fsp3) is 0.118. The van der Waals surface area contributed by atoms with E-state index in [2.05, 4.69) is 20.9 Å². The molecule has 0 aliphatic carbocycles. The van der Waals surface area contributed by atoms with Gasteiger partial charge in [0.05, 0.1) is 10.6 Å². The van der Waals surface area contributed by atoms with Crippen LogP contribution in [0.3, 0.4) is 0 Å². The summed E-state index contributed by atoms with van der Waals surface area (Å²) in [6.45, 7) is 1.73. The molecular weight excluding hydrogens is 330 g/mol. The zero-order valence-electron chi connectivity index (χ0n) is 11.5. The molecule has 4 heteroatoms. The van der Waals surface area contributed by atoms with Gasteiger partial charge in [-0.25, -0.2) is 0 Å². The van der Waals surface area contributed by atoms with E-state index in [9.17, 15) is 5.11 Å². The second kappa shape index (κ2) is 5.84. The fourth-order valence-corrected chi connectivity index (χ4v) is 2.61. The van der Waals surface area contributed by atoms with Crippen molar-refractivity contribution in [1.29, 1.82) is 0 Å². The summed E-state index contributed by atoms with van der Waals surface area (Å²) in [5, 5.41) is 10.6. The molecule has 1 aromatic heterocycles. The summed E-state index contributed by atoms with van der Waals surface area (Å²) < 4.78 is 6.77. The molecule has 3 rings (SSSR count). The smallest absolute Gasteiger partial charge is 0.153 e. The molecule has 0 aliphatic heterocycles. The van der Waals surface area contributed by atoms with Gasteiger partial charge in [0.15, 0.2) is 5.75 Å². The summed E-state index contributed by atoms with van der Waals surface area (Å²) in [6.07, 6.45) is 1.25. The minimum absolute atomic E-state index is 0.505. The molecule has 0 saturated carbocycles. The maximum atomic E-state index is 9.60. The number of ether oxygens (including phenoxy) is 1. The number of hydrogen-bond acceptors (Lipinski definition) is 3. The summed E-state index contributed by atoms with van der Waals surface area (Å²) in [6, 6.07) is 15.3. The summed E-state index contributed by atoms with van der Waals surface area (Å²) in [5.41, 5.74) is 1.66. The predicted molar refractivity (Wildman–Crippen MR) is 86.6 cm³/mol. The molecule has 0 bridgehead atoms. The van der Waals surface area contributed by atoms with E-state index in [0.717, 1.165) is 20.9 Å². The average Bonchev–Trinajstić information content (AvgIpc) is 2.49. The van der Waals surface area contributed by atoms with E-state index >= 15 is 0 Å². The predicted octanol–water partition coefficient (Wildman–Crippen LogP) is 4.84. The van der Waals surface area contributed by atoms with E-state index in [-0.39, 0.29) is 0 Å². The lowest BCUT2D eigenvalue weighted by Gasteiger charge is -2.12. The number of aliphatic hydroxyl groups is 1. The molecule has 0 fully saturated rings. The van der Waals surface area contributed by atoms with Gasteiger partial charge in [-0.1, -0.05) is 24.3 Å². The van der Waals surface area contributed by atoms with Crippen molar-refractivity contribution in [2.75, 3.05) is 0 Å². The van der Waals surface area contributed by atoms with Gasteiger partial charge in [0.25, 0.3) is 0 Å². The van der Waals surface area contributed by atoms with Gasteiger partial charge >= 0.3 is 0 Å². The van der Waals surface area contributed by atoms with E-state index in [0.29, 0.717) is 11.5 Å². The Bertz CT molecular complexity index is 781. The quantitative estimate of drug-likeness (QED) is 0.739. The van der Waals surface area contributed by atoms with Crippen LogP contribution in [-0.2, 0) is 0 Å². The number of halogens is 1. The highest BCUT2D eigenvalue weighted by molar-refractivity contribution is 9.10. The van der Waals surface area contributed by atoms with E-state index in [1.165, 1.54) is 0 Å². The van der Waals surface area contributed by atoms with Crippen molar-refractivity contribution < 1.29 is 9.84 Å². The third-order valence-corrected chi connectivity index (χ3v) is 3.87. The maximum absolute atomic E-state index is 9.60. The highest BCUT2D eigenvalue weighted by atomic mass is 79.9. The van der Waals surface area contributed by atoms with Crippen LogP contribution in [0.4, 0.5) is 0 Å². The van der Waals surface area contributed by atoms with E-state index in [1.807, 2.05) is 48.5 Å². The Kier molecular flexibility index (Phi) is 3.90. The molecule has 1 N–H and O–H groups in total. The van der Waals surface area contributed by atoms with Gasteiger partial charge in [-0.15, -0.1) is 0 Å². The number of rotatable bonds is 3. The monoisotopic (exact) mass is 343 g/mol. The van der Waals surface area contributed by atoms with Crippen LogP contribution in [0.5, 0.6) is 11.5 Å². The van der Waals surface area contributed by atoms with Crippen LogP contribution >= 0.6 is 15.9 Å². The third kappa shape index (κ3) is 2.91. The van der Waals surface area contributed by atoms with Crippen LogP contribution in [0.15, 0.2) is 59.2 Å². The van der Waals surface area contributed by atoms with Gasteiger partial charge in [0.2, 0.25) is 0 Å². The molecule has 0 spiro atoms. The van der Waals surface area contributed by atoms with Gasteiger partial charge in [-0.3, -0.25) is 4.98 Å². The largest absolute Gasteiger partial charge is 0.454 e. The number of fused-ring (bicyclic) bond motifs is 1. The standard InChI is InChI=1S/C17H14BrNO2/c1-11(20)13-7-8-15(14(18)10-13)21-16-6-2-4-12-5-3-9-19-17(12)16/h2-11,20H,1H3. The molecule has 3 aromatic rings. The van der Waals surface area contributed by atoms with Gasteiger partial charge in [0, 0.05) is 11.6 Å². The van der Waals surface area contributed by atoms with Crippen LogP contribution in [0, 0.1) is 0 Å². The van der Waals surface area contributed by atoms with Crippen molar-refractivity contribution in [2.45, 2.75) is 13.0 Å². The molecule has 0 amide bonds. The Hall–Kier alpha value is -1.91. The zero-order chi connectivity index (χ0) is 14.8. The number of pyridine rings is 1. The topological polar surface area (TPSA) is 42.4 Å². The number of benzene rings is 2. The van der Waals surface area contributed by atoms with Crippen molar-refractivity contribution in [1.82, 2.24) is 4.98 Å². The van der Waals surface area contributed by atoms with Crippen molar-refractivity contribution >= 4 is 26.8 Å². The van der Waals surface area contributed by atoms with E-state index in [4.69, 9.17) is 4.74 Å². The molecule has 106 valence electrons. The third-order valence-electron chi connectivity index (χ3n) is 3.25. The number of para-hydroxylation sites is 1. The zero-order valence-corrected chi connectivity index (χ0v) is 13.0. The molecule has 0 aliphatic rings. The molecule has 1 heterocycles. The molecule has 2 aromatic carbocycles. The molecular formula is C17H14BrNO2. The van der Waals surface area contributed by atoms with Gasteiger partial charge in [-0.05, 0) is 52.7 Å². The van der Waals surface area contributed by atoms with Gasteiger partial charge in [-0.2, -0.15) is 0 Å². The Balaban J connectivity index is 1.99. The Labute approximate surface area is 131 Å². The van der Waals surface area contributed by atoms with Gasteiger partial charge in [0.1, 0.15) is 11.3 Å². The summed E-state index contributed by atoms with van der Waals surface area (Å²) in [7, 11) is 0.